The quantitative estimate of drug-likeness (QED) is 0.911. The summed E-state index contributed by atoms with van der Waals surface area (Å²) in [4.78, 5) is 14.7. The number of carbonyl (C=O) groups is 1. The van der Waals surface area contributed by atoms with E-state index in [0.29, 0.717) is 12.8 Å². The molecule has 1 unspecified atom stereocenters. The number of phenols is 1. The minimum absolute atomic E-state index is 0.180. The van der Waals surface area contributed by atoms with Gasteiger partial charge >= 0.3 is 0 Å². The maximum absolute atomic E-state index is 12.7. The number of carbonyl (C=O) groups excluding carboxylic acids is 1. The highest BCUT2D eigenvalue weighted by Crippen LogP contribution is 2.33. The van der Waals surface area contributed by atoms with Crippen molar-refractivity contribution < 1.29 is 9.90 Å². The fourth-order valence-electron chi connectivity index (χ4n) is 3.49. The Morgan fingerprint density at radius 3 is 2.71 bits per heavy atom. The van der Waals surface area contributed by atoms with Crippen molar-refractivity contribution in [2.24, 2.45) is 0 Å². The first-order chi connectivity index (χ1) is 11.6. The minimum atomic E-state index is 0.180. The molecule has 0 bridgehead atoms. The van der Waals surface area contributed by atoms with E-state index in [1.165, 1.54) is 16.7 Å². The van der Waals surface area contributed by atoms with Crippen LogP contribution >= 0.6 is 0 Å². The van der Waals surface area contributed by atoms with E-state index >= 15 is 0 Å². The standard InChI is InChI=1S/C21H25NO2/c1-15-9-10-18(14-16(15)2)19-7-5-13-22(19)21(24)12-11-17-6-3-4-8-20(17)23/h3-4,6,8-10,14,19,23H,5,7,11-13H2,1-2H3. The van der Waals surface area contributed by atoms with Crippen LogP contribution in [0.5, 0.6) is 5.75 Å². The van der Waals surface area contributed by atoms with Gasteiger partial charge in [-0.15, -0.1) is 0 Å². The molecule has 1 saturated heterocycles. The second-order valence-corrected chi connectivity index (χ2v) is 6.72. The van der Waals surface area contributed by atoms with Crippen molar-refractivity contribution in [3.8, 4) is 5.75 Å². The number of likely N-dealkylation sites (tertiary alicyclic amines) is 1. The zero-order valence-corrected chi connectivity index (χ0v) is 14.5. The number of amides is 1. The van der Waals surface area contributed by atoms with Crippen LogP contribution in [0.2, 0.25) is 0 Å². The Labute approximate surface area is 143 Å². The first kappa shape index (κ1) is 16.6. The van der Waals surface area contributed by atoms with Crippen molar-refractivity contribution in [2.75, 3.05) is 6.54 Å². The van der Waals surface area contributed by atoms with E-state index in [1.807, 2.05) is 17.0 Å². The highest BCUT2D eigenvalue weighted by Gasteiger charge is 2.29. The average Bonchev–Trinajstić information content (AvgIpc) is 3.06. The topological polar surface area (TPSA) is 40.5 Å². The van der Waals surface area contributed by atoms with Crippen molar-refractivity contribution in [3.63, 3.8) is 0 Å². The van der Waals surface area contributed by atoms with Crippen molar-refractivity contribution in [1.29, 1.82) is 0 Å². The molecule has 0 saturated carbocycles. The summed E-state index contributed by atoms with van der Waals surface area (Å²) >= 11 is 0. The van der Waals surface area contributed by atoms with Crippen molar-refractivity contribution in [3.05, 3.63) is 64.7 Å². The van der Waals surface area contributed by atoms with Crippen LogP contribution < -0.4 is 0 Å². The number of hydrogen-bond acceptors (Lipinski definition) is 2. The molecule has 0 spiro atoms. The molecule has 3 rings (SSSR count). The Bertz CT molecular complexity index is 738. The number of nitrogens with zero attached hydrogens (tertiary/aromatic N) is 1. The SMILES string of the molecule is Cc1ccc(C2CCCN2C(=O)CCc2ccccc2O)cc1C. The van der Waals surface area contributed by atoms with Gasteiger partial charge < -0.3 is 10.0 Å². The van der Waals surface area contributed by atoms with Crippen molar-refractivity contribution in [2.45, 2.75) is 45.6 Å². The second-order valence-electron chi connectivity index (χ2n) is 6.72. The highest BCUT2D eigenvalue weighted by molar-refractivity contribution is 5.77. The van der Waals surface area contributed by atoms with Gasteiger partial charge in [0.05, 0.1) is 6.04 Å². The highest BCUT2D eigenvalue weighted by atomic mass is 16.3. The third-order valence-electron chi connectivity index (χ3n) is 5.09. The predicted octanol–water partition coefficient (Wildman–Crippen LogP) is 4.31. The first-order valence-corrected chi connectivity index (χ1v) is 8.70. The van der Waals surface area contributed by atoms with Gasteiger partial charge in [0.15, 0.2) is 0 Å². The number of phenolic OH excluding ortho intramolecular Hbond substituents is 1. The Morgan fingerprint density at radius 1 is 1.17 bits per heavy atom. The fourth-order valence-corrected chi connectivity index (χ4v) is 3.49. The minimum Gasteiger partial charge on any atom is -0.508 e. The molecule has 0 aromatic heterocycles. The molecule has 1 atom stereocenters. The molecule has 3 nitrogen and oxygen atoms in total. The van der Waals surface area contributed by atoms with Crippen LogP contribution in [0.1, 0.15) is 47.6 Å². The van der Waals surface area contributed by atoms with E-state index in [9.17, 15) is 9.90 Å². The Hall–Kier alpha value is -2.29. The van der Waals surface area contributed by atoms with Gasteiger partial charge in [0, 0.05) is 13.0 Å². The lowest BCUT2D eigenvalue weighted by Crippen LogP contribution is -2.30. The lowest BCUT2D eigenvalue weighted by molar-refractivity contribution is -0.132. The summed E-state index contributed by atoms with van der Waals surface area (Å²) in [7, 11) is 0. The number of rotatable bonds is 4. The Morgan fingerprint density at radius 2 is 1.96 bits per heavy atom. The summed E-state index contributed by atoms with van der Waals surface area (Å²) in [6.07, 6.45) is 3.12. The Kier molecular flexibility index (Phi) is 4.89. The second kappa shape index (κ2) is 7.08. The maximum Gasteiger partial charge on any atom is 0.223 e. The number of aromatic hydroxyl groups is 1. The first-order valence-electron chi connectivity index (χ1n) is 8.70. The zero-order chi connectivity index (χ0) is 17.1. The molecule has 0 radical (unpaired) electrons. The monoisotopic (exact) mass is 323 g/mol. The number of aryl methyl sites for hydroxylation is 3. The van der Waals surface area contributed by atoms with E-state index in [-0.39, 0.29) is 17.7 Å². The molecule has 1 heterocycles. The van der Waals surface area contributed by atoms with Gasteiger partial charge in [-0.2, -0.15) is 0 Å². The third kappa shape index (κ3) is 3.45. The van der Waals surface area contributed by atoms with Gasteiger partial charge in [0.25, 0.3) is 0 Å². The van der Waals surface area contributed by atoms with Gasteiger partial charge in [-0.25, -0.2) is 0 Å². The number of benzene rings is 2. The Balaban J connectivity index is 1.69. The van der Waals surface area contributed by atoms with E-state index in [1.54, 1.807) is 12.1 Å². The summed E-state index contributed by atoms with van der Waals surface area (Å²) < 4.78 is 0. The predicted molar refractivity (Wildman–Crippen MR) is 96.0 cm³/mol. The van der Waals surface area contributed by atoms with Crippen molar-refractivity contribution >= 4 is 5.91 Å². The van der Waals surface area contributed by atoms with E-state index in [2.05, 4.69) is 32.0 Å². The molecule has 0 aliphatic carbocycles. The molecular formula is C21H25NO2. The van der Waals surface area contributed by atoms with Crippen LogP contribution in [-0.2, 0) is 11.2 Å². The van der Waals surface area contributed by atoms with E-state index < -0.39 is 0 Å². The van der Waals surface area contributed by atoms with E-state index in [0.717, 1.165) is 24.9 Å². The molecule has 2 aromatic rings. The lowest BCUT2D eigenvalue weighted by Gasteiger charge is -2.26. The lowest BCUT2D eigenvalue weighted by atomic mass is 9.99. The van der Waals surface area contributed by atoms with Gasteiger partial charge in [-0.05, 0) is 61.4 Å². The van der Waals surface area contributed by atoms with Crippen LogP contribution in [-0.4, -0.2) is 22.5 Å². The summed E-state index contributed by atoms with van der Waals surface area (Å²) in [5.74, 6) is 0.455. The number of para-hydroxylation sites is 1. The molecule has 3 heteroatoms. The molecule has 126 valence electrons. The molecule has 1 aliphatic rings. The molecular weight excluding hydrogens is 298 g/mol. The normalized spacial score (nSPS) is 17.2. The molecule has 1 aliphatic heterocycles. The van der Waals surface area contributed by atoms with Gasteiger partial charge in [-0.1, -0.05) is 36.4 Å². The largest absolute Gasteiger partial charge is 0.508 e. The van der Waals surface area contributed by atoms with Crippen LogP contribution in [0, 0.1) is 13.8 Å². The fraction of sp³-hybridized carbons (Fsp3) is 0.381. The summed E-state index contributed by atoms with van der Waals surface area (Å²) in [5.41, 5.74) is 4.65. The molecule has 1 fully saturated rings. The smallest absolute Gasteiger partial charge is 0.223 e. The molecule has 2 aromatic carbocycles. The van der Waals surface area contributed by atoms with Crippen LogP contribution in [0.4, 0.5) is 0 Å². The van der Waals surface area contributed by atoms with Crippen molar-refractivity contribution in [1.82, 2.24) is 4.90 Å². The van der Waals surface area contributed by atoms with Crippen LogP contribution in [0.15, 0.2) is 42.5 Å². The maximum atomic E-state index is 12.7. The zero-order valence-electron chi connectivity index (χ0n) is 14.5. The van der Waals surface area contributed by atoms with E-state index in [4.69, 9.17) is 0 Å². The van der Waals surface area contributed by atoms with Gasteiger partial charge in [0.2, 0.25) is 5.91 Å². The molecule has 24 heavy (non-hydrogen) atoms. The van der Waals surface area contributed by atoms with Crippen LogP contribution in [0.25, 0.3) is 0 Å². The number of hydrogen-bond donors (Lipinski definition) is 1. The van der Waals surface area contributed by atoms with Gasteiger partial charge in [0.1, 0.15) is 5.75 Å². The summed E-state index contributed by atoms with van der Waals surface area (Å²) in [6.45, 7) is 5.07. The van der Waals surface area contributed by atoms with Gasteiger partial charge in [-0.3, -0.25) is 4.79 Å². The molecule has 1 amide bonds. The average molecular weight is 323 g/mol. The molecule has 1 N–H and O–H groups in total. The third-order valence-corrected chi connectivity index (χ3v) is 5.09. The van der Waals surface area contributed by atoms with Crippen LogP contribution in [0.3, 0.4) is 0 Å². The summed E-state index contributed by atoms with van der Waals surface area (Å²) in [6, 6.07) is 14.0. The summed E-state index contributed by atoms with van der Waals surface area (Å²) in [5, 5.41) is 9.85.